The molecule has 0 radical (unpaired) electrons. The van der Waals surface area contributed by atoms with Crippen molar-refractivity contribution < 1.29 is 4.79 Å². The van der Waals surface area contributed by atoms with Crippen LogP contribution >= 0.6 is 0 Å². The molecule has 2 aliphatic heterocycles. The van der Waals surface area contributed by atoms with Gasteiger partial charge in [-0.3, -0.25) is 9.69 Å². The van der Waals surface area contributed by atoms with Gasteiger partial charge in [0.05, 0.1) is 0 Å². The van der Waals surface area contributed by atoms with Crippen LogP contribution in [0, 0.1) is 0 Å². The molecule has 1 amide bonds. The fraction of sp³-hybridized carbons (Fsp3) is 0.929. The Bertz CT molecular complexity index is 256. The van der Waals surface area contributed by atoms with Crippen molar-refractivity contribution in [1.82, 2.24) is 15.1 Å². The van der Waals surface area contributed by atoms with Crippen LogP contribution in [0.3, 0.4) is 0 Å². The number of hydrogen-bond acceptors (Lipinski definition) is 3. The monoisotopic (exact) mass is 253 g/mol. The fourth-order valence-electron chi connectivity index (χ4n) is 2.95. The Morgan fingerprint density at radius 1 is 1.06 bits per heavy atom. The van der Waals surface area contributed by atoms with Crippen LogP contribution in [0.15, 0.2) is 0 Å². The zero-order chi connectivity index (χ0) is 12.8. The summed E-state index contributed by atoms with van der Waals surface area (Å²) in [5.74, 6) is 0.364. The second-order valence-electron chi connectivity index (χ2n) is 5.63. The van der Waals surface area contributed by atoms with E-state index in [9.17, 15) is 4.79 Å². The second-order valence-corrected chi connectivity index (χ2v) is 5.63. The number of hydrogen-bond donors (Lipinski definition) is 1. The molecule has 0 spiro atoms. The molecule has 2 heterocycles. The highest BCUT2D eigenvalue weighted by molar-refractivity contribution is 5.76. The average Bonchev–Trinajstić information content (AvgIpc) is 2.68. The Balaban J connectivity index is 1.77. The third kappa shape index (κ3) is 3.95. The molecule has 2 saturated heterocycles. The van der Waals surface area contributed by atoms with Crippen LogP contribution < -0.4 is 5.32 Å². The van der Waals surface area contributed by atoms with Crippen molar-refractivity contribution in [3.63, 3.8) is 0 Å². The molecule has 2 rings (SSSR count). The highest BCUT2D eigenvalue weighted by Gasteiger charge is 2.22. The molecule has 0 aliphatic carbocycles. The smallest absolute Gasteiger partial charge is 0.224 e. The molecule has 0 aromatic heterocycles. The van der Waals surface area contributed by atoms with E-state index in [1.165, 1.54) is 25.7 Å². The van der Waals surface area contributed by atoms with Crippen molar-refractivity contribution in [2.75, 3.05) is 39.3 Å². The molecule has 4 heteroatoms. The molecule has 104 valence electrons. The quantitative estimate of drug-likeness (QED) is 0.817. The third-order valence-corrected chi connectivity index (χ3v) is 4.20. The van der Waals surface area contributed by atoms with Crippen molar-refractivity contribution in [2.24, 2.45) is 0 Å². The largest absolute Gasteiger partial charge is 0.343 e. The lowest BCUT2D eigenvalue weighted by Gasteiger charge is -2.33. The van der Waals surface area contributed by atoms with E-state index in [0.717, 1.165) is 39.3 Å². The molecule has 0 bridgehead atoms. The Hall–Kier alpha value is -0.610. The SMILES string of the molecule is CC(CC(=O)N1CCCCCC1)N1CCNCC1. The minimum Gasteiger partial charge on any atom is -0.343 e. The first-order valence-electron chi connectivity index (χ1n) is 7.50. The number of nitrogens with zero attached hydrogens (tertiary/aromatic N) is 2. The van der Waals surface area contributed by atoms with E-state index in [1.54, 1.807) is 0 Å². The molecule has 18 heavy (non-hydrogen) atoms. The van der Waals surface area contributed by atoms with E-state index < -0.39 is 0 Å². The van der Waals surface area contributed by atoms with Crippen molar-refractivity contribution >= 4 is 5.91 Å². The van der Waals surface area contributed by atoms with Crippen molar-refractivity contribution in [3.8, 4) is 0 Å². The van der Waals surface area contributed by atoms with Gasteiger partial charge in [-0.15, -0.1) is 0 Å². The van der Waals surface area contributed by atoms with Gasteiger partial charge in [-0.05, 0) is 19.8 Å². The van der Waals surface area contributed by atoms with Crippen LogP contribution in [-0.2, 0) is 4.79 Å². The maximum atomic E-state index is 12.3. The van der Waals surface area contributed by atoms with E-state index in [0.29, 0.717) is 18.4 Å². The first kappa shape index (κ1) is 13.8. The van der Waals surface area contributed by atoms with E-state index in [-0.39, 0.29) is 0 Å². The molecule has 4 nitrogen and oxygen atoms in total. The maximum Gasteiger partial charge on any atom is 0.224 e. The Labute approximate surface area is 111 Å². The van der Waals surface area contributed by atoms with Crippen LogP contribution in [0.1, 0.15) is 39.0 Å². The summed E-state index contributed by atoms with van der Waals surface area (Å²) in [4.78, 5) is 16.8. The van der Waals surface area contributed by atoms with Gasteiger partial charge in [-0.25, -0.2) is 0 Å². The molecule has 1 N–H and O–H groups in total. The second kappa shape index (κ2) is 7.10. The van der Waals surface area contributed by atoms with Gasteiger partial charge in [0.25, 0.3) is 0 Å². The van der Waals surface area contributed by atoms with Crippen molar-refractivity contribution in [2.45, 2.75) is 45.1 Å². The number of carbonyl (C=O) groups is 1. The molecule has 0 saturated carbocycles. The summed E-state index contributed by atoms with van der Waals surface area (Å²) in [6.45, 7) is 8.43. The number of rotatable bonds is 3. The van der Waals surface area contributed by atoms with E-state index in [2.05, 4.69) is 22.0 Å². The molecular weight excluding hydrogens is 226 g/mol. The lowest BCUT2D eigenvalue weighted by molar-refractivity contribution is -0.132. The van der Waals surface area contributed by atoms with Gasteiger partial charge in [0.15, 0.2) is 0 Å². The lowest BCUT2D eigenvalue weighted by atomic mass is 10.1. The molecule has 1 atom stereocenters. The summed E-state index contributed by atoms with van der Waals surface area (Å²) >= 11 is 0. The van der Waals surface area contributed by atoms with Gasteiger partial charge in [0.1, 0.15) is 0 Å². The Morgan fingerprint density at radius 3 is 2.28 bits per heavy atom. The summed E-state index contributed by atoms with van der Waals surface area (Å²) in [5.41, 5.74) is 0. The zero-order valence-corrected chi connectivity index (χ0v) is 11.7. The van der Waals surface area contributed by atoms with Crippen LogP contribution in [0.2, 0.25) is 0 Å². The number of amides is 1. The number of carbonyl (C=O) groups excluding carboxylic acids is 1. The molecule has 0 aromatic rings. The predicted molar refractivity (Wildman–Crippen MR) is 73.6 cm³/mol. The first-order chi connectivity index (χ1) is 8.77. The molecular formula is C14H27N3O. The van der Waals surface area contributed by atoms with E-state index in [1.807, 2.05) is 0 Å². The third-order valence-electron chi connectivity index (χ3n) is 4.20. The maximum absolute atomic E-state index is 12.3. The molecule has 2 fully saturated rings. The van der Waals surface area contributed by atoms with Crippen LogP contribution in [-0.4, -0.2) is 61.0 Å². The summed E-state index contributed by atoms with van der Waals surface area (Å²) in [7, 11) is 0. The minimum atomic E-state index is 0.364. The minimum absolute atomic E-state index is 0.364. The molecule has 0 aromatic carbocycles. The first-order valence-corrected chi connectivity index (χ1v) is 7.50. The summed E-state index contributed by atoms with van der Waals surface area (Å²) in [5, 5.41) is 3.36. The van der Waals surface area contributed by atoms with E-state index in [4.69, 9.17) is 0 Å². The number of likely N-dealkylation sites (tertiary alicyclic amines) is 1. The van der Waals surface area contributed by atoms with Gasteiger partial charge < -0.3 is 10.2 Å². The van der Waals surface area contributed by atoms with E-state index >= 15 is 0 Å². The van der Waals surface area contributed by atoms with Gasteiger partial charge in [-0.2, -0.15) is 0 Å². The molecule has 1 unspecified atom stereocenters. The van der Waals surface area contributed by atoms with Gasteiger partial charge in [0, 0.05) is 51.7 Å². The lowest BCUT2D eigenvalue weighted by Crippen LogP contribution is -2.49. The highest BCUT2D eigenvalue weighted by atomic mass is 16.2. The topological polar surface area (TPSA) is 35.6 Å². The van der Waals surface area contributed by atoms with Crippen LogP contribution in [0.4, 0.5) is 0 Å². The van der Waals surface area contributed by atoms with Crippen LogP contribution in [0.25, 0.3) is 0 Å². The predicted octanol–water partition coefficient (Wildman–Crippen LogP) is 1.07. The number of piperazine rings is 1. The van der Waals surface area contributed by atoms with Gasteiger partial charge >= 0.3 is 0 Å². The Kier molecular flexibility index (Phi) is 5.45. The summed E-state index contributed by atoms with van der Waals surface area (Å²) in [6.07, 6.45) is 5.65. The summed E-state index contributed by atoms with van der Waals surface area (Å²) in [6, 6.07) is 0.392. The van der Waals surface area contributed by atoms with Gasteiger partial charge in [0.2, 0.25) is 5.91 Å². The fourth-order valence-corrected chi connectivity index (χ4v) is 2.95. The van der Waals surface area contributed by atoms with Crippen molar-refractivity contribution in [1.29, 1.82) is 0 Å². The highest BCUT2D eigenvalue weighted by Crippen LogP contribution is 2.13. The number of nitrogens with one attached hydrogen (secondary N) is 1. The van der Waals surface area contributed by atoms with Crippen molar-refractivity contribution in [3.05, 3.63) is 0 Å². The Morgan fingerprint density at radius 2 is 1.67 bits per heavy atom. The van der Waals surface area contributed by atoms with Crippen LogP contribution in [0.5, 0.6) is 0 Å². The summed E-state index contributed by atoms with van der Waals surface area (Å²) < 4.78 is 0. The standard InChI is InChI=1S/C14H27N3O/c1-13(16-10-6-15-7-11-16)12-14(18)17-8-4-2-3-5-9-17/h13,15H,2-12H2,1H3. The molecule has 2 aliphatic rings. The average molecular weight is 253 g/mol. The van der Waals surface area contributed by atoms with Gasteiger partial charge in [-0.1, -0.05) is 12.8 Å². The zero-order valence-electron chi connectivity index (χ0n) is 11.7. The normalized spacial score (nSPS) is 24.6.